The summed E-state index contributed by atoms with van der Waals surface area (Å²) in [5.41, 5.74) is 8.45. The molecule has 0 bridgehead atoms. The molecule has 0 spiro atoms. The number of hydrogen-bond donors (Lipinski definition) is 3. The molecule has 0 atom stereocenters. The largest absolute Gasteiger partial charge is 0.382 e. The summed E-state index contributed by atoms with van der Waals surface area (Å²) in [6.07, 6.45) is 14.7. The highest BCUT2D eigenvalue weighted by Gasteiger charge is 2.15. The van der Waals surface area contributed by atoms with Crippen molar-refractivity contribution in [2.75, 3.05) is 5.32 Å². The average Bonchev–Trinajstić information content (AvgIpc) is 3.48. The maximum absolute atomic E-state index is 4.94. The van der Waals surface area contributed by atoms with Crippen LogP contribution in [0.25, 0.3) is 55.7 Å². The molecule has 0 radical (unpaired) electrons. The molecule has 3 N–H and O–H groups in total. The fourth-order valence-electron chi connectivity index (χ4n) is 4.17. The smallest absolute Gasteiger partial charge is 0.140 e. The highest BCUT2D eigenvalue weighted by Crippen LogP contribution is 2.33. The third kappa shape index (κ3) is 3.55. The molecule has 8 nitrogen and oxygen atoms in total. The van der Waals surface area contributed by atoms with Crippen LogP contribution >= 0.6 is 0 Å². The van der Waals surface area contributed by atoms with Gasteiger partial charge in [-0.15, -0.1) is 0 Å². The third-order valence-corrected chi connectivity index (χ3v) is 5.70. The van der Waals surface area contributed by atoms with Crippen LogP contribution in [0.4, 0.5) is 5.69 Å². The molecule has 6 aromatic heterocycles. The van der Waals surface area contributed by atoms with E-state index in [1.54, 1.807) is 18.6 Å². The van der Waals surface area contributed by atoms with Crippen molar-refractivity contribution in [3.63, 3.8) is 0 Å². The van der Waals surface area contributed by atoms with Gasteiger partial charge in [0.15, 0.2) is 0 Å². The van der Waals surface area contributed by atoms with Crippen molar-refractivity contribution >= 4 is 27.8 Å². The minimum Gasteiger partial charge on any atom is -0.382 e. The van der Waals surface area contributed by atoms with Crippen LogP contribution in [0, 0.1) is 0 Å². The van der Waals surface area contributed by atoms with E-state index in [2.05, 4.69) is 61.2 Å². The normalized spacial score (nSPS) is 11.5. The Labute approximate surface area is 195 Å². The molecule has 0 aliphatic heterocycles. The van der Waals surface area contributed by atoms with Gasteiger partial charge < -0.3 is 15.3 Å². The van der Waals surface area contributed by atoms with Crippen LogP contribution < -0.4 is 5.32 Å². The summed E-state index contributed by atoms with van der Waals surface area (Å²) in [4.78, 5) is 29.2. The molecule has 6 rings (SSSR count). The summed E-state index contributed by atoms with van der Waals surface area (Å²) in [7, 11) is 0. The Balaban J connectivity index is 1.45. The van der Waals surface area contributed by atoms with Gasteiger partial charge in [-0.1, -0.05) is 0 Å². The lowest BCUT2D eigenvalue weighted by molar-refractivity contribution is 0.898. The van der Waals surface area contributed by atoms with Crippen molar-refractivity contribution < 1.29 is 0 Å². The second kappa shape index (κ2) is 8.08. The SMILES string of the molecule is CC(C)Nc1cncc(-c2cnc3[nH]cc(-c4nc5c(-c6ccncc6)cncc5[nH]4)c3c2)c1. The van der Waals surface area contributed by atoms with Gasteiger partial charge in [0.2, 0.25) is 0 Å². The topological polar surface area (TPSA) is 108 Å². The van der Waals surface area contributed by atoms with Crippen LogP contribution in [0.2, 0.25) is 0 Å². The first kappa shape index (κ1) is 20.0. The molecule has 8 heteroatoms. The molecule has 0 unspecified atom stereocenters. The number of nitrogens with zero attached hydrogens (tertiary/aromatic N) is 5. The van der Waals surface area contributed by atoms with E-state index in [1.165, 1.54) is 0 Å². The van der Waals surface area contributed by atoms with E-state index in [0.717, 1.165) is 61.4 Å². The molecule has 0 aliphatic carbocycles. The Hall–Kier alpha value is -4.59. The van der Waals surface area contributed by atoms with Crippen molar-refractivity contribution in [2.45, 2.75) is 19.9 Å². The van der Waals surface area contributed by atoms with Gasteiger partial charge in [0.05, 0.1) is 22.9 Å². The zero-order valence-corrected chi connectivity index (χ0v) is 18.7. The number of nitrogens with one attached hydrogen (secondary N) is 3. The molecule has 6 aromatic rings. The third-order valence-electron chi connectivity index (χ3n) is 5.70. The first-order valence-electron chi connectivity index (χ1n) is 11.1. The number of fused-ring (bicyclic) bond motifs is 2. The van der Waals surface area contributed by atoms with Gasteiger partial charge in [-0.25, -0.2) is 9.97 Å². The van der Waals surface area contributed by atoms with Gasteiger partial charge in [0.25, 0.3) is 0 Å². The highest BCUT2D eigenvalue weighted by atomic mass is 15.0. The number of hydrogen-bond acceptors (Lipinski definition) is 6. The summed E-state index contributed by atoms with van der Waals surface area (Å²) in [6.45, 7) is 4.21. The average molecular weight is 447 g/mol. The molecule has 0 amide bonds. The number of H-pyrrole nitrogens is 2. The van der Waals surface area contributed by atoms with Gasteiger partial charge in [-0.05, 0) is 43.7 Å². The van der Waals surface area contributed by atoms with Crippen molar-refractivity contribution in [1.29, 1.82) is 0 Å². The van der Waals surface area contributed by atoms with Crippen molar-refractivity contribution in [1.82, 2.24) is 34.9 Å². The van der Waals surface area contributed by atoms with E-state index in [9.17, 15) is 0 Å². The molecular formula is C26H22N8. The second-order valence-electron chi connectivity index (χ2n) is 8.49. The molecule has 0 aliphatic rings. The van der Waals surface area contributed by atoms with Crippen molar-refractivity contribution in [2.24, 2.45) is 0 Å². The number of pyridine rings is 4. The quantitative estimate of drug-likeness (QED) is 0.325. The number of anilines is 1. The Morgan fingerprint density at radius 2 is 1.65 bits per heavy atom. The minimum atomic E-state index is 0.327. The minimum absolute atomic E-state index is 0.327. The monoisotopic (exact) mass is 446 g/mol. The lowest BCUT2D eigenvalue weighted by Gasteiger charge is -2.10. The summed E-state index contributed by atoms with van der Waals surface area (Å²) >= 11 is 0. The van der Waals surface area contributed by atoms with Gasteiger partial charge in [-0.2, -0.15) is 0 Å². The van der Waals surface area contributed by atoms with Gasteiger partial charge in [0.1, 0.15) is 11.5 Å². The molecule has 0 aromatic carbocycles. The van der Waals surface area contributed by atoms with Crippen LogP contribution in [-0.2, 0) is 0 Å². The fraction of sp³-hybridized carbons (Fsp3) is 0.115. The molecule has 34 heavy (non-hydrogen) atoms. The summed E-state index contributed by atoms with van der Waals surface area (Å²) in [5, 5.41) is 4.39. The van der Waals surface area contributed by atoms with E-state index < -0.39 is 0 Å². The highest BCUT2D eigenvalue weighted by molar-refractivity contribution is 5.98. The maximum Gasteiger partial charge on any atom is 0.140 e. The van der Waals surface area contributed by atoms with Crippen LogP contribution in [0.3, 0.4) is 0 Å². The number of aromatic amines is 2. The summed E-state index contributed by atoms with van der Waals surface area (Å²) in [6, 6.07) is 8.47. The fourth-order valence-corrected chi connectivity index (χ4v) is 4.17. The molecule has 6 heterocycles. The Morgan fingerprint density at radius 1 is 0.824 bits per heavy atom. The standard InChI is InChI=1S/C26H22N8/c1-15(2)32-19-7-17(9-28-11-19)18-8-20-22(13-31-25(20)30-10-18)26-33-23-14-29-12-21(24(23)34-26)16-3-5-27-6-4-16/h3-15,32H,1-2H3,(H,30,31)(H,33,34). The Bertz CT molecular complexity index is 1610. The molecule has 0 saturated carbocycles. The zero-order valence-electron chi connectivity index (χ0n) is 18.7. The van der Waals surface area contributed by atoms with Crippen molar-refractivity contribution in [3.05, 3.63) is 73.8 Å². The molecule has 0 fully saturated rings. The van der Waals surface area contributed by atoms with E-state index in [4.69, 9.17) is 4.98 Å². The zero-order chi connectivity index (χ0) is 23.1. The predicted octanol–water partition coefficient (Wildman–Crippen LogP) is 5.45. The predicted molar refractivity (Wildman–Crippen MR) is 134 cm³/mol. The van der Waals surface area contributed by atoms with E-state index in [-0.39, 0.29) is 0 Å². The number of imidazole rings is 1. The van der Waals surface area contributed by atoms with Crippen LogP contribution in [-0.4, -0.2) is 40.9 Å². The lowest BCUT2D eigenvalue weighted by Crippen LogP contribution is -2.09. The number of aromatic nitrogens is 7. The van der Waals surface area contributed by atoms with Gasteiger partial charge in [0, 0.05) is 77.1 Å². The van der Waals surface area contributed by atoms with E-state index >= 15 is 0 Å². The Kier molecular flexibility index (Phi) is 4.76. The first-order chi connectivity index (χ1) is 16.7. The van der Waals surface area contributed by atoms with Gasteiger partial charge >= 0.3 is 0 Å². The summed E-state index contributed by atoms with van der Waals surface area (Å²) < 4.78 is 0. The Morgan fingerprint density at radius 3 is 2.50 bits per heavy atom. The van der Waals surface area contributed by atoms with Crippen LogP contribution in [0.5, 0.6) is 0 Å². The summed E-state index contributed by atoms with van der Waals surface area (Å²) in [5.74, 6) is 0.761. The molecular weight excluding hydrogens is 424 g/mol. The number of rotatable bonds is 5. The maximum atomic E-state index is 4.94. The lowest BCUT2D eigenvalue weighted by atomic mass is 10.1. The van der Waals surface area contributed by atoms with Gasteiger partial charge in [-0.3, -0.25) is 15.0 Å². The van der Waals surface area contributed by atoms with Crippen molar-refractivity contribution in [3.8, 4) is 33.6 Å². The molecule has 166 valence electrons. The van der Waals surface area contributed by atoms with E-state index in [1.807, 2.05) is 43.1 Å². The van der Waals surface area contributed by atoms with Crippen LogP contribution in [0.15, 0.2) is 73.8 Å². The second-order valence-corrected chi connectivity index (χ2v) is 8.49. The molecule has 0 saturated heterocycles. The van der Waals surface area contributed by atoms with E-state index in [0.29, 0.717) is 6.04 Å². The first-order valence-corrected chi connectivity index (χ1v) is 11.1. The van der Waals surface area contributed by atoms with Crippen LogP contribution in [0.1, 0.15) is 13.8 Å².